The molecular formula is C4H3F2N3. The van der Waals surface area contributed by atoms with E-state index < -0.39 is 12.0 Å². The van der Waals surface area contributed by atoms with Gasteiger partial charge in [-0.2, -0.15) is 18.7 Å². The summed E-state index contributed by atoms with van der Waals surface area (Å²) in [5, 5.41) is 0. The van der Waals surface area contributed by atoms with E-state index in [-0.39, 0.29) is 5.82 Å². The Morgan fingerprint density at radius 1 is 1.56 bits per heavy atom. The van der Waals surface area contributed by atoms with Gasteiger partial charge in [-0.25, -0.2) is 0 Å². The molecule has 48 valence electrons. The van der Waals surface area contributed by atoms with Gasteiger partial charge in [0.15, 0.2) is 1.41 Å². The summed E-state index contributed by atoms with van der Waals surface area (Å²) in [6.07, 6.45) is -1.19. The van der Waals surface area contributed by atoms with Crippen LogP contribution in [0.1, 0.15) is 0 Å². The van der Waals surface area contributed by atoms with Crippen molar-refractivity contribution in [3.8, 4) is 0 Å². The van der Waals surface area contributed by atoms with Crippen LogP contribution >= 0.6 is 0 Å². The van der Waals surface area contributed by atoms with E-state index in [0.717, 1.165) is 6.07 Å². The van der Waals surface area contributed by atoms with Crippen LogP contribution in [-0.2, 0) is 0 Å². The molecule has 2 N–H and O–H groups in total. The number of halogens is 2. The van der Waals surface area contributed by atoms with Crippen LogP contribution in [0.2, 0.25) is 1.41 Å². The van der Waals surface area contributed by atoms with Crippen LogP contribution in [0, 0.1) is 12.0 Å². The highest BCUT2D eigenvalue weighted by atomic mass is 19.1. The molecule has 1 rings (SSSR count). The molecule has 1 heterocycles. The lowest BCUT2D eigenvalue weighted by Gasteiger charge is -1.89. The maximum absolute atomic E-state index is 12.1. The predicted molar refractivity (Wildman–Crippen MR) is 26.4 cm³/mol. The summed E-state index contributed by atoms with van der Waals surface area (Å²) in [6, 6.07) is 0.816. The fourth-order valence-corrected chi connectivity index (χ4v) is 0.390. The summed E-state index contributed by atoms with van der Waals surface area (Å²) in [6.45, 7) is 0. The van der Waals surface area contributed by atoms with Crippen LogP contribution in [0.25, 0.3) is 0 Å². The van der Waals surface area contributed by atoms with E-state index in [1.807, 2.05) is 0 Å². The zero-order valence-electron chi connectivity index (χ0n) is 5.23. The monoisotopic (exact) mass is 132 g/mol. The molecule has 9 heavy (non-hydrogen) atoms. The molecule has 0 fully saturated rings. The quantitative estimate of drug-likeness (QED) is 0.442. The Kier molecular flexibility index (Phi) is 0.985. The summed E-state index contributed by atoms with van der Waals surface area (Å²) < 4.78 is 30.6. The fraction of sp³-hybridized carbons (Fsp3) is 0. The van der Waals surface area contributed by atoms with Gasteiger partial charge in [0.1, 0.15) is 5.82 Å². The SMILES string of the molecule is [2H]Nc1cc(F)nc(F)n1. The first kappa shape index (κ1) is 4.60. The van der Waals surface area contributed by atoms with E-state index in [4.69, 9.17) is 1.41 Å². The number of hydrogen-bond acceptors (Lipinski definition) is 3. The van der Waals surface area contributed by atoms with Gasteiger partial charge in [-0.05, 0) is 0 Å². The molecule has 0 unspecified atom stereocenters. The first-order chi connectivity index (χ1) is 4.72. The van der Waals surface area contributed by atoms with Crippen molar-refractivity contribution in [1.29, 1.82) is 0 Å². The number of hydrogen-bond donors (Lipinski definition) is 1. The smallest absolute Gasteiger partial charge is 0.313 e. The van der Waals surface area contributed by atoms with Gasteiger partial charge in [-0.1, -0.05) is 0 Å². The standard InChI is InChI=1S/C4H3F2N3/c5-2-1-3(7)9-4(6)8-2/h1H,(H2,7,8,9)/i/hD. The molecule has 0 radical (unpaired) electrons. The number of nitrogens with two attached hydrogens (primary N) is 1. The highest BCUT2D eigenvalue weighted by Gasteiger charge is 1.97. The topological polar surface area (TPSA) is 51.8 Å². The van der Waals surface area contributed by atoms with E-state index in [1.165, 1.54) is 0 Å². The zero-order valence-corrected chi connectivity index (χ0v) is 4.23. The highest BCUT2D eigenvalue weighted by Crippen LogP contribution is 1.98. The van der Waals surface area contributed by atoms with Crippen molar-refractivity contribution >= 4 is 5.82 Å². The average molecular weight is 132 g/mol. The predicted octanol–water partition coefficient (Wildman–Crippen LogP) is 0.337. The maximum atomic E-state index is 12.1. The minimum atomic E-state index is -1.19. The van der Waals surface area contributed by atoms with Gasteiger partial charge in [-0.3, -0.25) is 0 Å². The third-order valence-electron chi connectivity index (χ3n) is 0.668. The molecule has 0 aliphatic rings. The minimum Gasteiger partial charge on any atom is -0.383 e. The third-order valence-corrected chi connectivity index (χ3v) is 0.668. The van der Waals surface area contributed by atoms with E-state index in [9.17, 15) is 8.78 Å². The second-order valence-electron chi connectivity index (χ2n) is 1.34. The molecule has 0 spiro atoms. The number of aromatic nitrogens is 2. The van der Waals surface area contributed by atoms with Crippen LogP contribution in [0.4, 0.5) is 14.6 Å². The molecule has 3 nitrogen and oxygen atoms in total. The molecule has 0 aromatic carbocycles. The van der Waals surface area contributed by atoms with Crippen LogP contribution in [0.15, 0.2) is 6.07 Å². The lowest BCUT2D eigenvalue weighted by atomic mass is 10.6. The van der Waals surface area contributed by atoms with Crippen LogP contribution < -0.4 is 5.73 Å². The van der Waals surface area contributed by atoms with E-state index in [0.29, 0.717) is 0 Å². The fourth-order valence-electron chi connectivity index (χ4n) is 0.390. The molecular weight excluding hydrogens is 128 g/mol. The number of nitrogens with zero attached hydrogens (tertiary/aromatic N) is 2. The van der Waals surface area contributed by atoms with Crippen molar-refractivity contribution < 1.29 is 10.2 Å². The first-order valence-corrected chi connectivity index (χ1v) is 2.10. The third kappa shape index (κ3) is 1.31. The number of rotatable bonds is 1. The van der Waals surface area contributed by atoms with Gasteiger partial charge in [0.25, 0.3) is 0 Å². The Labute approximate surface area is 51.0 Å². The summed E-state index contributed by atoms with van der Waals surface area (Å²) in [4.78, 5) is 5.75. The summed E-state index contributed by atoms with van der Waals surface area (Å²) >= 11 is 0. The lowest BCUT2D eigenvalue weighted by Crippen LogP contribution is -1.97. The van der Waals surface area contributed by atoms with E-state index in [1.54, 1.807) is 5.73 Å². The normalized spacial score (nSPS) is 10.7. The number of anilines is 1. The van der Waals surface area contributed by atoms with E-state index >= 15 is 0 Å². The molecule has 1 aromatic rings. The van der Waals surface area contributed by atoms with Crippen molar-refractivity contribution in [2.75, 3.05) is 5.73 Å². The minimum absolute atomic E-state index is 0.204. The largest absolute Gasteiger partial charge is 0.383 e. The van der Waals surface area contributed by atoms with Crippen molar-refractivity contribution in [2.45, 2.75) is 0 Å². The van der Waals surface area contributed by atoms with Gasteiger partial charge in [0.05, 0.1) is 0 Å². The van der Waals surface area contributed by atoms with Crippen LogP contribution in [-0.4, -0.2) is 9.97 Å². The molecule has 5 heteroatoms. The van der Waals surface area contributed by atoms with Gasteiger partial charge >= 0.3 is 6.08 Å². The van der Waals surface area contributed by atoms with Crippen LogP contribution in [0.5, 0.6) is 0 Å². The Morgan fingerprint density at radius 2 is 2.33 bits per heavy atom. The molecule has 0 saturated carbocycles. The van der Waals surface area contributed by atoms with Gasteiger partial charge in [0.2, 0.25) is 5.95 Å². The summed E-state index contributed by atoms with van der Waals surface area (Å²) in [7, 11) is 0. The van der Waals surface area contributed by atoms with Crippen LogP contribution in [0.3, 0.4) is 0 Å². The van der Waals surface area contributed by atoms with Gasteiger partial charge in [-0.15, -0.1) is 0 Å². The molecule has 0 saturated heterocycles. The van der Waals surface area contributed by atoms with E-state index in [2.05, 4.69) is 9.97 Å². The molecule has 1 aromatic heterocycles. The Bertz CT molecular complexity index is 222. The average Bonchev–Trinajstić information content (AvgIpc) is 1.85. The molecule has 0 atom stereocenters. The molecule has 0 amide bonds. The second-order valence-corrected chi connectivity index (χ2v) is 1.34. The van der Waals surface area contributed by atoms with Gasteiger partial charge in [0, 0.05) is 6.07 Å². The Hall–Kier alpha value is -1.26. The summed E-state index contributed by atoms with van der Waals surface area (Å²) in [5.74, 6) is -1.20. The van der Waals surface area contributed by atoms with Crippen molar-refractivity contribution in [1.82, 2.24) is 9.97 Å². The second kappa shape index (κ2) is 1.93. The first-order valence-electron chi connectivity index (χ1n) is 2.60. The van der Waals surface area contributed by atoms with Crippen molar-refractivity contribution in [3.63, 3.8) is 0 Å². The molecule has 0 aliphatic carbocycles. The molecule has 0 bridgehead atoms. The maximum Gasteiger partial charge on any atom is 0.313 e. The molecule has 0 aliphatic heterocycles. The highest BCUT2D eigenvalue weighted by molar-refractivity contribution is 5.23. The number of nitrogen functional groups attached to an aromatic ring is 1. The lowest BCUT2D eigenvalue weighted by molar-refractivity contribution is 0.485. The summed E-state index contributed by atoms with van der Waals surface area (Å²) in [5.41, 5.74) is 1.73. The Morgan fingerprint density at radius 3 is 2.89 bits per heavy atom. The van der Waals surface area contributed by atoms with Crippen molar-refractivity contribution in [3.05, 3.63) is 18.1 Å². The van der Waals surface area contributed by atoms with Crippen molar-refractivity contribution in [2.24, 2.45) is 0 Å². The van der Waals surface area contributed by atoms with Gasteiger partial charge < -0.3 is 5.73 Å². The Balaban J connectivity index is 3.06. The zero-order chi connectivity index (χ0) is 7.56.